The molecule has 1 fully saturated rings. The zero-order valence-electron chi connectivity index (χ0n) is 12.3. The molecule has 2 unspecified atom stereocenters. The van der Waals surface area contributed by atoms with Crippen molar-refractivity contribution in [2.24, 2.45) is 5.41 Å². The highest BCUT2D eigenvalue weighted by molar-refractivity contribution is 8.01. The van der Waals surface area contributed by atoms with Crippen molar-refractivity contribution < 1.29 is 0 Å². The van der Waals surface area contributed by atoms with E-state index in [1.807, 2.05) is 23.1 Å². The molecular weight excluding hydrogens is 284 g/mol. The lowest BCUT2D eigenvalue weighted by atomic mass is 9.73. The number of thioether (sulfide) groups is 1. The normalized spacial score (nSPS) is 25.9. The van der Waals surface area contributed by atoms with E-state index in [2.05, 4.69) is 50.5 Å². The molecule has 1 aromatic carbocycles. The number of thiazole rings is 1. The molecule has 1 aromatic heterocycles. The highest BCUT2D eigenvalue weighted by atomic mass is 32.2. The Morgan fingerprint density at radius 1 is 1.35 bits per heavy atom. The maximum Gasteiger partial charge on any atom is 0.151 e. The van der Waals surface area contributed by atoms with E-state index >= 15 is 0 Å². The van der Waals surface area contributed by atoms with E-state index in [0.29, 0.717) is 16.7 Å². The molecule has 1 saturated carbocycles. The van der Waals surface area contributed by atoms with E-state index in [9.17, 15) is 0 Å². The summed E-state index contributed by atoms with van der Waals surface area (Å²) >= 11 is 3.80. The largest absolute Gasteiger partial charge is 0.315 e. The molecule has 2 atom stereocenters. The first-order valence-electron chi connectivity index (χ1n) is 7.30. The lowest BCUT2D eigenvalue weighted by Crippen LogP contribution is -2.49. The van der Waals surface area contributed by atoms with Gasteiger partial charge in [-0.3, -0.25) is 0 Å². The number of fused-ring (bicyclic) bond motifs is 1. The Morgan fingerprint density at radius 3 is 2.90 bits per heavy atom. The first kappa shape index (κ1) is 14.4. The number of para-hydroxylation sites is 1. The van der Waals surface area contributed by atoms with Gasteiger partial charge in [-0.15, -0.1) is 11.3 Å². The highest BCUT2D eigenvalue weighted by Gasteiger charge is 2.38. The van der Waals surface area contributed by atoms with Gasteiger partial charge in [-0.05, 0) is 37.4 Å². The Morgan fingerprint density at radius 2 is 2.15 bits per heavy atom. The van der Waals surface area contributed by atoms with Gasteiger partial charge in [0.15, 0.2) is 4.34 Å². The smallest absolute Gasteiger partial charge is 0.151 e. The molecule has 1 aliphatic carbocycles. The van der Waals surface area contributed by atoms with Crippen molar-refractivity contribution in [3.63, 3.8) is 0 Å². The molecule has 0 amide bonds. The summed E-state index contributed by atoms with van der Waals surface area (Å²) < 4.78 is 2.51. The highest BCUT2D eigenvalue weighted by Crippen LogP contribution is 2.44. The number of hydrogen-bond acceptors (Lipinski definition) is 4. The molecule has 3 rings (SSSR count). The lowest BCUT2D eigenvalue weighted by Gasteiger charge is -2.43. The molecular formula is C16H22N2S2. The van der Waals surface area contributed by atoms with Crippen molar-refractivity contribution in [2.75, 3.05) is 7.05 Å². The summed E-state index contributed by atoms with van der Waals surface area (Å²) in [6.45, 7) is 4.78. The summed E-state index contributed by atoms with van der Waals surface area (Å²) in [6.07, 6.45) is 3.93. The number of rotatable bonds is 3. The van der Waals surface area contributed by atoms with E-state index in [0.717, 1.165) is 5.52 Å². The molecule has 0 bridgehead atoms. The van der Waals surface area contributed by atoms with E-state index in [-0.39, 0.29) is 0 Å². The van der Waals surface area contributed by atoms with Crippen LogP contribution in [-0.2, 0) is 0 Å². The van der Waals surface area contributed by atoms with Crippen LogP contribution in [0.2, 0.25) is 0 Å². The van der Waals surface area contributed by atoms with Gasteiger partial charge in [0.2, 0.25) is 0 Å². The second kappa shape index (κ2) is 5.66. The summed E-state index contributed by atoms with van der Waals surface area (Å²) in [5.74, 6) is 0. The molecule has 0 saturated heterocycles. The van der Waals surface area contributed by atoms with Crippen molar-refractivity contribution in [3.05, 3.63) is 24.3 Å². The maximum absolute atomic E-state index is 4.78. The zero-order chi connectivity index (χ0) is 14.2. The third-order valence-electron chi connectivity index (χ3n) is 4.36. The van der Waals surface area contributed by atoms with Gasteiger partial charge in [-0.1, -0.05) is 44.2 Å². The van der Waals surface area contributed by atoms with Gasteiger partial charge < -0.3 is 5.32 Å². The third kappa shape index (κ3) is 2.74. The van der Waals surface area contributed by atoms with Gasteiger partial charge >= 0.3 is 0 Å². The average Bonchev–Trinajstić information content (AvgIpc) is 2.80. The summed E-state index contributed by atoms with van der Waals surface area (Å²) in [6, 6.07) is 8.99. The fourth-order valence-electron chi connectivity index (χ4n) is 3.32. The van der Waals surface area contributed by atoms with Crippen LogP contribution in [0.3, 0.4) is 0 Å². The summed E-state index contributed by atoms with van der Waals surface area (Å²) in [5.41, 5.74) is 1.51. The standard InChI is InChI=1S/C16H22N2S2/c1-16(2)10-6-9-13(14(16)17-3)20-15-18-11-7-4-5-8-12(11)19-15/h4-5,7-8,13-14,17H,6,9-10H2,1-3H3. The van der Waals surface area contributed by atoms with Crippen molar-refractivity contribution >= 4 is 33.3 Å². The number of nitrogens with one attached hydrogen (secondary N) is 1. The Kier molecular flexibility index (Phi) is 4.07. The van der Waals surface area contributed by atoms with Crippen molar-refractivity contribution in [1.29, 1.82) is 0 Å². The fourth-order valence-corrected chi connectivity index (χ4v) is 6.18. The number of hydrogen-bond donors (Lipinski definition) is 1. The van der Waals surface area contributed by atoms with E-state index in [1.54, 1.807) is 0 Å². The molecule has 1 aliphatic rings. The zero-order valence-corrected chi connectivity index (χ0v) is 14.0. The first-order valence-corrected chi connectivity index (χ1v) is 8.99. The molecule has 108 valence electrons. The number of benzene rings is 1. The Bertz CT molecular complexity index is 558. The van der Waals surface area contributed by atoms with E-state index in [4.69, 9.17) is 4.98 Å². The van der Waals surface area contributed by atoms with E-state index in [1.165, 1.54) is 28.3 Å². The molecule has 1 N–H and O–H groups in total. The van der Waals surface area contributed by atoms with Crippen LogP contribution < -0.4 is 5.32 Å². The summed E-state index contributed by atoms with van der Waals surface area (Å²) in [5, 5.41) is 4.18. The molecule has 0 aliphatic heterocycles. The second-order valence-corrected chi connectivity index (χ2v) is 8.77. The van der Waals surface area contributed by atoms with Crippen LogP contribution in [0.15, 0.2) is 28.6 Å². The van der Waals surface area contributed by atoms with Crippen LogP contribution in [-0.4, -0.2) is 23.3 Å². The molecule has 2 aromatic rings. The Balaban J connectivity index is 1.82. The predicted octanol–water partition coefficient (Wildman–Crippen LogP) is 4.56. The van der Waals surface area contributed by atoms with Crippen molar-refractivity contribution in [3.8, 4) is 0 Å². The van der Waals surface area contributed by atoms with Gasteiger partial charge in [0, 0.05) is 11.3 Å². The molecule has 4 heteroatoms. The minimum absolute atomic E-state index is 0.376. The topological polar surface area (TPSA) is 24.9 Å². The summed E-state index contributed by atoms with van der Waals surface area (Å²) in [4.78, 5) is 4.78. The molecule has 0 spiro atoms. The molecule has 1 heterocycles. The average molecular weight is 307 g/mol. The Hall–Kier alpha value is -0.580. The van der Waals surface area contributed by atoms with Crippen LogP contribution >= 0.6 is 23.1 Å². The number of nitrogens with zero attached hydrogens (tertiary/aromatic N) is 1. The second-order valence-electron chi connectivity index (χ2n) is 6.25. The van der Waals surface area contributed by atoms with Crippen LogP contribution in [0.5, 0.6) is 0 Å². The lowest BCUT2D eigenvalue weighted by molar-refractivity contribution is 0.182. The maximum atomic E-state index is 4.78. The Labute approximate surface area is 129 Å². The third-order valence-corrected chi connectivity index (χ3v) is 6.83. The van der Waals surface area contributed by atoms with Gasteiger partial charge in [0.05, 0.1) is 10.2 Å². The minimum Gasteiger partial charge on any atom is -0.315 e. The SMILES string of the molecule is CNC1C(Sc2nc3ccccc3s2)CCCC1(C)C. The molecule has 0 radical (unpaired) electrons. The van der Waals surface area contributed by atoms with Crippen molar-refractivity contribution in [2.45, 2.75) is 48.7 Å². The summed E-state index contributed by atoms with van der Waals surface area (Å²) in [7, 11) is 2.10. The van der Waals surface area contributed by atoms with Crippen LogP contribution in [0.4, 0.5) is 0 Å². The predicted molar refractivity (Wildman–Crippen MR) is 89.7 cm³/mol. The van der Waals surface area contributed by atoms with Gasteiger partial charge in [0.1, 0.15) is 0 Å². The minimum atomic E-state index is 0.376. The molecule has 2 nitrogen and oxygen atoms in total. The van der Waals surface area contributed by atoms with Gasteiger partial charge in [0.25, 0.3) is 0 Å². The van der Waals surface area contributed by atoms with Gasteiger partial charge in [-0.25, -0.2) is 4.98 Å². The monoisotopic (exact) mass is 306 g/mol. The van der Waals surface area contributed by atoms with Gasteiger partial charge in [-0.2, -0.15) is 0 Å². The van der Waals surface area contributed by atoms with Crippen LogP contribution in [0.1, 0.15) is 33.1 Å². The molecule has 20 heavy (non-hydrogen) atoms. The fraction of sp³-hybridized carbons (Fsp3) is 0.562. The quantitative estimate of drug-likeness (QED) is 0.900. The first-order chi connectivity index (χ1) is 9.60. The number of aromatic nitrogens is 1. The van der Waals surface area contributed by atoms with Crippen LogP contribution in [0, 0.1) is 5.41 Å². The van der Waals surface area contributed by atoms with Crippen molar-refractivity contribution in [1.82, 2.24) is 10.3 Å². The van der Waals surface area contributed by atoms with E-state index < -0.39 is 0 Å². The van der Waals surface area contributed by atoms with Crippen LogP contribution in [0.25, 0.3) is 10.2 Å².